The fourth-order valence-corrected chi connectivity index (χ4v) is 4.63. The summed E-state index contributed by atoms with van der Waals surface area (Å²) in [5, 5.41) is 3.55. The number of aryl methyl sites for hydroxylation is 3. The van der Waals surface area contributed by atoms with E-state index in [2.05, 4.69) is 21.3 Å². The third kappa shape index (κ3) is 4.91. The Balaban J connectivity index is 1.40. The molecule has 0 bridgehead atoms. The van der Waals surface area contributed by atoms with Crippen LogP contribution in [-0.2, 0) is 0 Å². The number of carbonyl (C=O) groups excluding carboxylic acids is 1. The van der Waals surface area contributed by atoms with Gasteiger partial charge in [-0.15, -0.1) is 0 Å². The summed E-state index contributed by atoms with van der Waals surface area (Å²) in [7, 11) is 0. The van der Waals surface area contributed by atoms with Gasteiger partial charge in [-0.1, -0.05) is 36.5 Å². The van der Waals surface area contributed by atoms with E-state index >= 15 is 0 Å². The van der Waals surface area contributed by atoms with E-state index in [-0.39, 0.29) is 5.91 Å². The lowest BCUT2D eigenvalue weighted by Gasteiger charge is -2.35. The Morgan fingerprint density at radius 2 is 1.57 bits per heavy atom. The summed E-state index contributed by atoms with van der Waals surface area (Å²) in [6.45, 7) is 9.10. The topological polar surface area (TPSA) is 61.4 Å². The van der Waals surface area contributed by atoms with Crippen molar-refractivity contribution in [3.05, 3.63) is 46.6 Å². The molecule has 0 radical (unpaired) electrons. The number of aromatic nitrogens is 2. The summed E-state index contributed by atoms with van der Waals surface area (Å²) in [5.74, 6) is 1.82. The third-order valence-electron chi connectivity index (χ3n) is 6.14. The van der Waals surface area contributed by atoms with Gasteiger partial charge in [-0.3, -0.25) is 4.79 Å². The number of carbonyl (C=O) groups is 1. The van der Waals surface area contributed by atoms with Crippen molar-refractivity contribution in [3.8, 4) is 0 Å². The Hall–Kier alpha value is -2.63. The summed E-state index contributed by atoms with van der Waals surface area (Å²) in [5.41, 5.74) is 4.03. The number of rotatable bonds is 4. The molecule has 1 aromatic heterocycles. The van der Waals surface area contributed by atoms with E-state index in [9.17, 15) is 4.79 Å². The van der Waals surface area contributed by atoms with Crippen molar-refractivity contribution in [1.29, 1.82) is 0 Å². The molecule has 2 aromatic rings. The van der Waals surface area contributed by atoms with Crippen LogP contribution in [0.5, 0.6) is 0 Å². The van der Waals surface area contributed by atoms with Gasteiger partial charge in [0, 0.05) is 49.5 Å². The summed E-state index contributed by atoms with van der Waals surface area (Å²) in [6.07, 6.45) is 6.31. The predicted molar refractivity (Wildman–Crippen MR) is 121 cm³/mol. The fourth-order valence-electron chi connectivity index (χ4n) is 4.63. The minimum absolute atomic E-state index is 0.125. The zero-order valence-electron chi connectivity index (χ0n) is 18.4. The van der Waals surface area contributed by atoms with Gasteiger partial charge in [-0.2, -0.15) is 4.98 Å². The smallest absolute Gasteiger partial charge is 0.253 e. The van der Waals surface area contributed by atoms with E-state index in [0.29, 0.717) is 19.1 Å². The molecule has 160 valence electrons. The van der Waals surface area contributed by atoms with Gasteiger partial charge in [0.25, 0.3) is 5.91 Å². The molecule has 30 heavy (non-hydrogen) atoms. The molecule has 0 unspecified atom stereocenters. The van der Waals surface area contributed by atoms with E-state index in [1.165, 1.54) is 32.1 Å². The molecule has 0 spiro atoms. The molecule has 2 aliphatic rings. The highest BCUT2D eigenvalue weighted by Gasteiger charge is 2.24. The van der Waals surface area contributed by atoms with Crippen LogP contribution < -0.4 is 10.2 Å². The number of nitrogens with one attached hydrogen (secondary N) is 1. The van der Waals surface area contributed by atoms with E-state index in [4.69, 9.17) is 4.98 Å². The number of anilines is 2. The molecule has 4 rings (SSSR count). The van der Waals surface area contributed by atoms with Gasteiger partial charge < -0.3 is 15.1 Å². The molecule has 1 saturated carbocycles. The van der Waals surface area contributed by atoms with Gasteiger partial charge in [-0.05, 0) is 45.7 Å². The number of piperazine rings is 1. The highest BCUT2D eigenvalue weighted by Crippen LogP contribution is 2.23. The molecular formula is C24H33N5O. The van der Waals surface area contributed by atoms with Crippen LogP contribution in [0.4, 0.5) is 11.8 Å². The van der Waals surface area contributed by atoms with Gasteiger partial charge in [0.2, 0.25) is 5.95 Å². The maximum atomic E-state index is 12.9. The monoisotopic (exact) mass is 407 g/mol. The van der Waals surface area contributed by atoms with Gasteiger partial charge in [0.05, 0.1) is 0 Å². The van der Waals surface area contributed by atoms with Crippen molar-refractivity contribution < 1.29 is 4.79 Å². The van der Waals surface area contributed by atoms with E-state index in [1.54, 1.807) is 0 Å². The Morgan fingerprint density at radius 1 is 0.900 bits per heavy atom. The van der Waals surface area contributed by atoms with Gasteiger partial charge in [-0.25, -0.2) is 4.98 Å². The van der Waals surface area contributed by atoms with Crippen molar-refractivity contribution in [3.63, 3.8) is 0 Å². The number of hydrogen-bond donors (Lipinski definition) is 1. The zero-order chi connectivity index (χ0) is 21.1. The highest BCUT2D eigenvalue weighted by atomic mass is 16.2. The van der Waals surface area contributed by atoms with Gasteiger partial charge in [0.15, 0.2) is 0 Å². The zero-order valence-corrected chi connectivity index (χ0v) is 18.4. The average molecular weight is 408 g/mol. The average Bonchev–Trinajstić information content (AvgIpc) is 2.73. The van der Waals surface area contributed by atoms with E-state index in [1.807, 2.05) is 43.9 Å². The summed E-state index contributed by atoms with van der Waals surface area (Å²) < 4.78 is 0. The Bertz CT molecular complexity index is 878. The number of nitrogens with zero attached hydrogens (tertiary/aromatic N) is 4. The van der Waals surface area contributed by atoms with Crippen molar-refractivity contribution in [2.24, 2.45) is 0 Å². The first-order chi connectivity index (χ1) is 14.5. The Labute approximate surface area is 179 Å². The molecule has 6 nitrogen and oxygen atoms in total. The maximum absolute atomic E-state index is 12.9. The SMILES string of the molecule is Cc1cc(C)cc(C(=O)N2CCN(c3cc(C)nc(NC4CCCCC4)n3)CC2)c1. The summed E-state index contributed by atoms with van der Waals surface area (Å²) >= 11 is 0. The van der Waals surface area contributed by atoms with Crippen LogP contribution in [-0.4, -0.2) is 53.0 Å². The lowest BCUT2D eigenvalue weighted by molar-refractivity contribution is 0.0746. The lowest BCUT2D eigenvalue weighted by Crippen LogP contribution is -2.49. The van der Waals surface area contributed by atoms with Crippen molar-refractivity contribution in [2.75, 3.05) is 36.4 Å². The van der Waals surface area contributed by atoms with Gasteiger partial charge >= 0.3 is 0 Å². The Morgan fingerprint density at radius 3 is 2.23 bits per heavy atom. The van der Waals surface area contributed by atoms with Crippen LogP contribution in [0, 0.1) is 20.8 Å². The van der Waals surface area contributed by atoms with Crippen LogP contribution >= 0.6 is 0 Å². The lowest BCUT2D eigenvalue weighted by atomic mass is 9.96. The second-order valence-electron chi connectivity index (χ2n) is 8.83. The van der Waals surface area contributed by atoms with E-state index < -0.39 is 0 Å². The first kappa shape index (κ1) is 20.6. The van der Waals surface area contributed by atoms with Crippen molar-refractivity contribution >= 4 is 17.7 Å². The number of benzene rings is 1. The summed E-state index contributed by atoms with van der Waals surface area (Å²) in [4.78, 5) is 26.6. The van der Waals surface area contributed by atoms with Crippen molar-refractivity contribution in [2.45, 2.75) is 58.9 Å². The van der Waals surface area contributed by atoms with Crippen LogP contribution in [0.25, 0.3) is 0 Å². The largest absolute Gasteiger partial charge is 0.353 e. The molecule has 2 fully saturated rings. The molecule has 1 N–H and O–H groups in total. The third-order valence-corrected chi connectivity index (χ3v) is 6.14. The van der Waals surface area contributed by atoms with Crippen LogP contribution in [0.1, 0.15) is 59.3 Å². The number of amides is 1. The van der Waals surface area contributed by atoms with Crippen LogP contribution in [0.15, 0.2) is 24.3 Å². The molecule has 1 aliphatic carbocycles. The molecule has 6 heteroatoms. The standard InChI is InChI=1S/C24H33N5O/c1-17-13-18(2)15-20(14-17)23(30)29-11-9-28(10-12-29)22-16-19(3)25-24(27-22)26-21-7-5-4-6-8-21/h13-16,21H,4-12H2,1-3H3,(H,25,26,27). The van der Waals surface area contributed by atoms with E-state index in [0.717, 1.165) is 47.2 Å². The van der Waals surface area contributed by atoms with Gasteiger partial charge in [0.1, 0.15) is 5.82 Å². The highest BCUT2D eigenvalue weighted by molar-refractivity contribution is 5.94. The molecule has 1 aliphatic heterocycles. The summed E-state index contributed by atoms with van der Waals surface area (Å²) in [6, 6.07) is 8.61. The normalized spacial score (nSPS) is 17.8. The molecule has 1 aromatic carbocycles. The molecule has 2 heterocycles. The fraction of sp³-hybridized carbons (Fsp3) is 0.542. The Kier molecular flexibility index (Phi) is 6.21. The molecular weight excluding hydrogens is 374 g/mol. The number of hydrogen-bond acceptors (Lipinski definition) is 5. The maximum Gasteiger partial charge on any atom is 0.253 e. The first-order valence-corrected chi connectivity index (χ1v) is 11.2. The minimum Gasteiger partial charge on any atom is -0.353 e. The second-order valence-corrected chi connectivity index (χ2v) is 8.83. The molecule has 1 amide bonds. The molecule has 0 atom stereocenters. The predicted octanol–water partition coefficient (Wildman–Crippen LogP) is 4.11. The van der Waals surface area contributed by atoms with Crippen LogP contribution in [0.2, 0.25) is 0 Å². The minimum atomic E-state index is 0.125. The van der Waals surface area contributed by atoms with Crippen molar-refractivity contribution in [1.82, 2.24) is 14.9 Å². The first-order valence-electron chi connectivity index (χ1n) is 11.2. The second kappa shape index (κ2) is 9.02. The molecule has 1 saturated heterocycles. The van der Waals surface area contributed by atoms with Crippen LogP contribution in [0.3, 0.4) is 0 Å². The quantitative estimate of drug-likeness (QED) is 0.826.